The van der Waals surface area contributed by atoms with Crippen molar-refractivity contribution in [3.63, 3.8) is 0 Å². The summed E-state index contributed by atoms with van der Waals surface area (Å²) in [6.45, 7) is 8.25. The van der Waals surface area contributed by atoms with E-state index in [1.165, 1.54) is 0 Å². The van der Waals surface area contributed by atoms with Crippen LogP contribution in [0.15, 0.2) is 0 Å². The van der Waals surface area contributed by atoms with E-state index in [0.29, 0.717) is 0 Å². The molecule has 0 aromatic rings. The van der Waals surface area contributed by atoms with Crippen molar-refractivity contribution in [2.24, 2.45) is 17.3 Å². The fourth-order valence-corrected chi connectivity index (χ4v) is 2.14. The zero-order valence-electron chi connectivity index (χ0n) is 11.9. The Morgan fingerprint density at radius 3 is 1.84 bits per heavy atom. The van der Waals surface area contributed by atoms with Gasteiger partial charge in [0.15, 0.2) is 5.92 Å². The maximum atomic E-state index is 11.0. The van der Waals surface area contributed by atoms with Gasteiger partial charge in [0.2, 0.25) is 0 Å². The van der Waals surface area contributed by atoms with E-state index >= 15 is 0 Å². The number of rotatable bonds is 8. The molecule has 1 atom stereocenters. The van der Waals surface area contributed by atoms with Gasteiger partial charge < -0.3 is 10.2 Å². The number of hydrogen-bond donors (Lipinski definition) is 2. The summed E-state index contributed by atoms with van der Waals surface area (Å²) < 4.78 is 0. The third-order valence-electron chi connectivity index (χ3n) is 3.50. The first-order valence-corrected chi connectivity index (χ1v) is 6.65. The van der Waals surface area contributed by atoms with Crippen LogP contribution in [0.5, 0.6) is 0 Å². The zero-order chi connectivity index (χ0) is 14.3. The molecule has 0 aliphatic rings. The zero-order valence-corrected chi connectivity index (χ0v) is 11.9. The van der Waals surface area contributed by atoms with Crippen LogP contribution in [-0.2, 0) is 9.59 Å². The molecule has 110 valence electrons. The van der Waals surface area contributed by atoms with Gasteiger partial charge in [0.25, 0.3) is 0 Å². The molecule has 1 unspecified atom stereocenters. The Hall–Kier alpha value is 0.511. The van der Waals surface area contributed by atoms with Crippen molar-refractivity contribution in [1.29, 1.82) is 0 Å². The first-order chi connectivity index (χ1) is 8.20. The van der Waals surface area contributed by atoms with Crippen molar-refractivity contribution in [3.8, 4) is 0 Å². The summed E-state index contributed by atoms with van der Waals surface area (Å²) >= 11 is 0. The fraction of sp³-hybridized carbons (Fsp3) is 0.857. The number of carboxylic acids is 2. The van der Waals surface area contributed by atoms with Gasteiger partial charge in [0.1, 0.15) is 0 Å². The third-order valence-corrected chi connectivity index (χ3v) is 3.50. The Kier molecular flexibility index (Phi) is 11.8. The quantitative estimate of drug-likeness (QED) is 0.375. The molecule has 0 saturated heterocycles. The van der Waals surface area contributed by atoms with Gasteiger partial charge in [0.05, 0.1) is 0 Å². The second kappa shape index (κ2) is 10.3. The molecule has 0 spiro atoms. The molecule has 2 N–H and O–H groups in total. The predicted octanol–water partition coefficient (Wildman–Crippen LogP) is 2.49. The van der Waals surface area contributed by atoms with Crippen LogP contribution >= 0.6 is 0 Å². The molecule has 0 aliphatic carbocycles. The summed E-state index contributed by atoms with van der Waals surface area (Å²) in [7, 11) is 0. The number of aliphatic carboxylic acids is 2. The van der Waals surface area contributed by atoms with Gasteiger partial charge in [-0.3, -0.25) is 9.59 Å². The van der Waals surface area contributed by atoms with Crippen LogP contribution in [0.25, 0.3) is 0 Å². The first-order valence-electron chi connectivity index (χ1n) is 6.65. The molecule has 0 heterocycles. The average Bonchev–Trinajstić information content (AvgIpc) is 2.20. The SMILES string of the molecule is CCCCCC(CC(C(=O)O)C(=O)O)C(C)(C)C.[BaH2]. The molecule has 4 nitrogen and oxygen atoms in total. The Balaban J connectivity index is 0. The van der Waals surface area contributed by atoms with Gasteiger partial charge in [-0.15, -0.1) is 0 Å². The van der Waals surface area contributed by atoms with Gasteiger partial charge in [-0.1, -0.05) is 47.0 Å². The van der Waals surface area contributed by atoms with Gasteiger partial charge in [0, 0.05) is 0 Å². The van der Waals surface area contributed by atoms with Crippen LogP contribution in [0.1, 0.15) is 59.8 Å². The molecule has 0 aliphatic heterocycles. The maximum absolute atomic E-state index is 11.0. The average molecular weight is 398 g/mol. The fourth-order valence-electron chi connectivity index (χ4n) is 2.14. The minimum atomic E-state index is -1.28. The number of unbranched alkanes of at least 4 members (excludes halogenated alkanes) is 2. The molecule has 5 heteroatoms. The summed E-state index contributed by atoms with van der Waals surface area (Å²) in [6, 6.07) is 0. The van der Waals surface area contributed by atoms with E-state index in [-0.39, 0.29) is 66.6 Å². The van der Waals surface area contributed by atoms with Crippen molar-refractivity contribution >= 4 is 60.8 Å². The second-order valence-electron chi connectivity index (χ2n) is 6.02. The van der Waals surface area contributed by atoms with Crippen LogP contribution in [0.4, 0.5) is 0 Å². The van der Waals surface area contributed by atoms with Crippen molar-refractivity contribution in [3.05, 3.63) is 0 Å². The molecule has 0 radical (unpaired) electrons. The summed E-state index contributed by atoms with van der Waals surface area (Å²) in [5.41, 5.74) is -0.0586. The molecule has 19 heavy (non-hydrogen) atoms. The van der Waals surface area contributed by atoms with Gasteiger partial charge in [-0.05, 0) is 24.2 Å². The molecule has 0 aromatic carbocycles. The molecule has 0 bridgehead atoms. The molecule has 0 aromatic heterocycles. The summed E-state index contributed by atoms with van der Waals surface area (Å²) in [5.74, 6) is -3.61. The van der Waals surface area contributed by atoms with E-state index in [4.69, 9.17) is 10.2 Å². The van der Waals surface area contributed by atoms with E-state index in [0.717, 1.165) is 25.7 Å². The van der Waals surface area contributed by atoms with E-state index < -0.39 is 17.9 Å². The van der Waals surface area contributed by atoms with Crippen molar-refractivity contribution in [1.82, 2.24) is 0 Å². The van der Waals surface area contributed by atoms with E-state index in [2.05, 4.69) is 6.92 Å². The number of carbonyl (C=O) groups is 2. The third kappa shape index (κ3) is 9.13. The Morgan fingerprint density at radius 1 is 1.05 bits per heavy atom. The topological polar surface area (TPSA) is 74.6 Å². The van der Waals surface area contributed by atoms with Gasteiger partial charge in [-0.25, -0.2) is 0 Å². The second-order valence-corrected chi connectivity index (χ2v) is 6.02. The monoisotopic (exact) mass is 398 g/mol. The van der Waals surface area contributed by atoms with Crippen LogP contribution in [0.3, 0.4) is 0 Å². The van der Waals surface area contributed by atoms with Crippen LogP contribution in [-0.4, -0.2) is 71.0 Å². The summed E-state index contributed by atoms with van der Waals surface area (Å²) in [4.78, 5) is 21.9. The Labute approximate surface area is 156 Å². The normalized spacial score (nSPS) is 12.9. The summed E-state index contributed by atoms with van der Waals surface area (Å²) in [6.07, 6.45) is 4.37. The van der Waals surface area contributed by atoms with Gasteiger partial charge >= 0.3 is 60.8 Å². The van der Waals surface area contributed by atoms with E-state index in [1.54, 1.807) is 0 Å². The summed E-state index contributed by atoms with van der Waals surface area (Å²) in [5, 5.41) is 17.9. The van der Waals surface area contributed by atoms with Crippen molar-refractivity contribution < 1.29 is 19.8 Å². The number of hydrogen-bond acceptors (Lipinski definition) is 2. The standard InChI is InChI=1S/C14H26O4.Ba.2H/c1-5-6-7-8-10(14(2,3)4)9-11(12(15)16)13(17)18;;;/h10-11H,5-9H2,1-4H3,(H,15,16)(H,17,18);;;. The molecule has 0 amide bonds. The Bertz CT molecular complexity index is 270. The van der Waals surface area contributed by atoms with E-state index in [9.17, 15) is 9.59 Å². The number of carboxylic acid groups (broad SMARTS) is 2. The molecule has 0 fully saturated rings. The van der Waals surface area contributed by atoms with Crippen LogP contribution in [0, 0.1) is 17.3 Å². The van der Waals surface area contributed by atoms with Crippen molar-refractivity contribution in [2.45, 2.75) is 59.8 Å². The van der Waals surface area contributed by atoms with Crippen molar-refractivity contribution in [2.75, 3.05) is 0 Å². The predicted molar refractivity (Wildman–Crippen MR) is 79.0 cm³/mol. The Morgan fingerprint density at radius 2 is 1.53 bits per heavy atom. The van der Waals surface area contributed by atoms with Crippen LogP contribution in [0.2, 0.25) is 0 Å². The first kappa shape index (κ1) is 21.8. The molecule has 0 saturated carbocycles. The van der Waals surface area contributed by atoms with Gasteiger partial charge in [-0.2, -0.15) is 0 Å². The van der Waals surface area contributed by atoms with Crippen LogP contribution < -0.4 is 0 Å². The minimum absolute atomic E-state index is 0. The molecular weight excluding hydrogens is 369 g/mol. The molecule has 0 rings (SSSR count). The van der Waals surface area contributed by atoms with E-state index in [1.807, 2.05) is 20.8 Å². The molecular formula is C14H28BaO4.